The summed E-state index contributed by atoms with van der Waals surface area (Å²) >= 11 is 0. The molecule has 0 aliphatic heterocycles. The molecule has 0 aromatic carbocycles. The summed E-state index contributed by atoms with van der Waals surface area (Å²) in [5.74, 6) is 0. The quantitative estimate of drug-likeness (QED) is 0.0779. The van der Waals surface area contributed by atoms with Crippen LogP contribution in [0.1, 0.15) is 218 Å². The molecule has 0 heteroatoms. The van der Waals surface area contributed by atoms with Crippen molar-refractivity contribution in [1.82, 2.24) is 0 Å². The van der Waals surface area contributed by atoms with Crippen LogP contribution in [0.15, 0.2) is 0 Å². The standard InChI is InChI=1S/C36H72/c1-3-5-7-9-11-13-15-17-19-21-23-25-27-29-31-33-35-36-34-32-30-28-26-24-22-20-18-16-14-12-10-8-6-4-2/h1-36H2. The van der Waals surface area contributed by atoms with Gasteiger partial charge in [0.1, 0.15) is 0 Å². The summed E-state index contributed by atoms with van der Waals surface area (Å²) in [6.07, 6.45) is 49.1. The Morgan fingerprint density at radius 1 is 0.139 bits per heavy atom. The Bertz CT molecular complexity index is 312. The van der Waals surface area contributed by atoms with Crippen LogP contribution in [0.5, 0.6) is 0 Å². The predicted molar refractivity (Wildman–Crippen MR) is 168 cm³/mol. The van der Waals surface area contributed by atoms with E-state index < -0.39 is 0 Å². The maximum atomic E-state index is 3.93. The molecule has 0 saturated carbocycles. The third kappa shape index (κ3) is 34.0. The molecule has 0 aliphatic carbocycles. The van der Waals surface area contributed by atoms with E-state index in [1.165, 1.54) is 205 Å². The number of rotatable bonds is 33. The molecule has 0 N–H and O–H groups in total. The van der Waals surface area contributed by atoms with E-state index in [4.69, 9.17) is 0 Å². The maximum Gasteiger partial charge on any atom is -0.0533 e. The van der Waals surface area contributed by atoms with Crippen LogP contribution in [-0.2, 0) is 0 Å². The molecule has 0 heterocycles. The first kappa shape index (κ1) is 36.0. The van der Waals surface area contributed by atoms with Crippen LogP contribution in [-0.4, -0.2) is 0 Å². The Morgan fingerprint density at radius 2 is 0.222 bits per heavy atom. The van der Waals surface area contributed by atoms with Crippen molar-refractivity contribution in [3.63, 3.8) is 0 Å². The third-order valence-corrected chi connectivity index (χ3v) is 8.25. The highest BCUT2D eigenvalue weighted by Crippen LogP contribution is 2.17. The smallest absolute Gasteiger partial charge is 0.0533 e. The minimum absolute atomic E-state index is 1.12. The van der Waals surface area contributed by atoms with E-state index in [1.54, 1.807) is 0 Å². The first-order valence-corrected chi connectivity index (χ1v) is 17.5. The number of unbranched alkanes of at least 4 members (excludes halogenated alkanes) is 33. The Kier molecular flexibility index (Phi) is 35.0. The molecule has 2 radical (unpaired) electrons. The lowest BCUT2D eigenvalue weighted by atomic mass is 10.0. The lowest BCUT2D eigenvalue weighted by Gasteiger charge is -2.05. The van der Waals surface area contributed by atoms with Crippen molar-refractivity contribution in [2.75, 3.05) is 0 Å². The van der Waals surface area contributed by atoms with Crippen molar-refractivity contribution >= 4 is 0 Å². The van der Waals surface area contributed by atoms with Gasteiger partial charge in [-0.2, -0.15) is 0 Å². The van der Waals surface area contributed by atoms with Gasteiger partial charge in [-0.1, -0.05) is 232 Å². The van der Waals surface area contributed by atoms with Crippen molar-refractivity contribution in [2.24, 2.45) is 0 Å². The molecule has 36 heavy (non-hydrogen) atoms. The second-order valence-electron chi connectivity index (χ2n) is 12.0. The van der Waals surface area contributed by atoms with Gasteiger partial charge in [-0.15, -0.1) is 0 Å². The van der Waals surface area contributed by atoms with Crippen LogP contribution in [0.3, 0.4) is 0 Å². The van der Waals surface area contributed by atoms with E-state index in [0.717, 1.165) is 12.8 Å². The summed E-state index contributed by atoms with van der Waals surface area (Å²) in [7, 11) is 0. The largest absolute Gasteiger partial charge is 0.0533 e. The van der Waals surface area contributed by atoms with E-state index in [2.05, 4.69) is 13.8 Å². The van der Waals surface area contributed by atoms with Gasteiger partial charge in [-0.25, -0.2) is 0 Å². The zero-order valence-electron chi connectivity index (χ0n) is 25.5. The first-order valence-electron chi connectivity index (χ1n) is 17.5. The van der Waals surface area contributed by atoms with Crippen molar-refractivity contribution in [1.29, 1.82) is 0 Å². The molecule has 0 unspecified atom stereocenters. The molecule has 216 valence electrons. The van der Waals surface area contributed by atoms with Crippen molar-refractivity contribution in [3.05, 3.63) is 13.8 Å². The normalized spacial score (nSPS) is 11.5. The number of hydrogen-bond donors (Lipinski definition) is 0. The van der Waals surface area contributed by atoms with Crippen LogP contribution < -0.4 is 0 Å². The molecule has 0 aliphatic rings. The Hall–Kier alpha value is 0. The second-order valence-corrected chi connectivity index (χ2v) is 12.0. The number of hydrogen-bond acceptors (Lipinski definition) is 0. The molecule has 0 rings (SSSR count). The second kappa shape index (κ2) is 35.0. The van der Waals surface area contributed by atoms with Crippen LogP contribution in [0, 0.1) is 13.8 Å². The van der Waals surface area contributed by atoms with E-state index >= 15 is 0 Å². The molecule has 0 atom stereocenters. The van der Waals surface area contributed by atoms with Gasteiger partial charge in [-0.05, 0) is 0 Å². The molecular formula is C36H72. The maximum absolute atomic E-state index is 3.93. The molecule has 0 amide bonds. The van der Waals surface area contributed by atoms with E-state index in [-0.39, 0.29) is 0 Å². The van der Waals surface area contributed by atoms with Gasteiger partial charge in [0.25, 0.3) is 0 Å². The minimum Gasteiger partial charge on any atom is -0.0533 e. The van der Waals surface area contributed by atoms with Crippen LogP contribution in [0.25, 0.3) is 0 Å². The molecule has 0 spiro atoms. The zero-order chi connectivity index (χ0) is 26.0. The van der Waals surface area contributed by atoms with Crippen LogP contribution >= 0.6 is 0 Å². The van der Waals surface area contributed by atoms with Gasteiger partial charge in [0, 0.05) is 0 Å². The van der Waals surface area contributed by atoms with E-state index in [9.17, 15) is 0 Å². The first-order chi connectivity index (χ1) is 17.9. The van der Waals surface area contributed by atoms with Gasteiger partial charge < -0.3 is 0 Å². The van der Waals surface area contributed by atoms with Gasteiger partial charge in [0.05, 0.1) is 0 Å². The summed E-state index contributed by atoms with van der Waals surface area (Å²) < 4.78 is 0. The lowest BCUT2D eigenvalue weighted by Crippen LogP contribution is -1.85. The monoisotopic (exact) mass is 505 g/mol. The fourth-order valence-corrected chi connectivity index (χ4v) is 5.66. The molecule has 0 aromatic heterocycles. The average molecular weight is 505 g/mol. The fraction of sp³-hybridized carbons (Fsp3) is 0.944. The van der Waals surface area contributed by atoms with Crippen LogP contribution in [0.2, 0.25) is 0 Å². The van der Waals surface area contributed by atoms with Crippen molar-refractivity contribution in [3.8, 4) is 0 Å². The van der Waals surface area contributed by atoms with Crippen molar-refractivity contribution < 1.29 is 0 Å². The molecule has 0 nitrogen and oxygen atoms in total. The third-order valence-electron chi connectivity index (χ3n) is 8.25. The van der Waals surface area contributed by atoms with E-state index in [1.807, 2.05) is 0 Å². The molecular weight excluding hydrogens is 432 g/mol. The van der Waals surface area contributed by atoms with Gasteiger partial charge in [0.2, 0.25) is 0 Å². The fourth-order valence-electron chi connectivity index (χ4n) is 5.66. The van der Waals surface area contributed by atoms with Gasteiger partial charge >= 0.3 is 0 Å². The summed E-state index contributed by atoms with van der Waals surface area (Å²) in [6, 6.07) is 0. The Morgan fingerprint density at radius 3 is 0.306 bits per heavy atom. The van der Waals surface area contributed by atoms with Crippen molar-refractivity contribution in [2.45, 2.75) is 218 Å². The topological polar surface area (TPSA) is 0 Å². The van der Waals surface area contributed by atoms with E-state index in [0.29, 0.717) is 0 Å². The average Bonchev–Trinajstić information content (AvgIpc) is 2.89. The lowest BCUT2D eigenvalue weighted by molar-refractivity contribution is 0.512. The summed E-state index contributed by atoms with van der Waals surface area (Å²) in [5, 5.41) is 0. The highest BCUT2D eigenvalue weighted by Gasteiger charge is 1.97. The molecule has 0 saturated heterocycles. The predicted octanol–water partition coefficient (Wildman–Crippen LogP) is 13.9. The molecule has 0 bridgehead atoms. The Labute approximate surface area is 232 Å². The Balaban J connectivity index is 3.00. The summed E-state index contributed by atoms with van der Waals surface area (Å²) in [5.41, 5.74) is 0. The summed E-state index contributed by atoms with van der Waals surface area (Å²) in [4.78, 5) is 0. The SMILES string of the molecule is [CH2]CCCCCCCCCCCCCCCCCCCCCCCCCCCCCCCCCC[CH2]. The molecule has 0 fully saturated rings. The summed E-state index contributed by atoms with van der Waals surface area (Å²) in [6.45, 7) is 7.85. The van der Waals surface area contributed by atoms with Gasteiger partial charge in [-0.3, -0.25) is 0 Å². The van der Waals surface area contributed by atoms with Gasteiger partial charge in [0.15, 0.2) is 0 Å². The van der Waals surface area contributed by atoms with Crippen LogP contribution in [0.4, 0.5) is 0 Å². The molecule has 0 aromatic rings. The highest BCUT2D eigenvalue weighted by molar-refractivity contribution is 4.53. The highest BCUT2D eigenvalue weighted by atomic mass is 14.0. The zero-order valence-corrected chi connectivity index (χ0v) is 25.5. The minimum atomic E-state index is 1.12.